The second kappa shape index (κ2) is 12.3. The summed E-state index contributed by atoms with van der Waals surface area (Å²) in [6.07, 6.45) is 15.6. The maximum atomic E-state index is 3.72. The molecule has 2 fully saturated rings. The molecule has 0 amide bonds. The van der Waals surface area contributed by atoms with E-state index in [2.05, 4.69) is 10.6 Å². The standard InChI is InChI=1S/C15H30N2.2ClH/c1-3-8-14(9-4-1)16-12-7-13-17-15-10-5-2-6-11-15;;/h14-17H,1-13H2;2*1H. The van der Waals surface area contributed by atoms with Gasteiger partial charge in [-0.3, -0.25) is 0 Å². The van der Waals surface area contributed by atoms with Crippen molar-refractivity contribution < 1.29 is 0 Å². The van der Waals surface area contributed by atoms with Crippen LogP contribution in [0.25, 0.3) is 0 Å². The molecule has 0 aromatic carbocycles. The third kappa shape index (κ3) is 8.39. The molecule has 0 unspecified atom stereocenters. The Morgan fingerprint density at radius 1 is 0.579 bits per heavy atom. The van der Waals surface area contributed by atoms with Gasteiger partial charge >= 0.3 is 0 Å². The maximum absolute atomic E-state index is 3.72. The molecule has 0 aliphatic heterocycles. The molecule has 116 valence electrons. The Hall–Kier alpha value is 0.500. The van der Waals surface area contributed by atoms with Gasteiger partial charge in [-0.05, 0) is 45.2 Å². The Balaban J connectivity index is 0.00000162. The summed E-state index contributed by atoms with van der Waals surface area (Å²) < 4.78 is 0. The van der Waals surface area contributed by atoms with Crippen molar-refractivity contribution in [2.75, 3.05) is 13.1 Å². The van der Waals surface area contributed by atoms with E-state index >= 15 is 0 Å². The lowest BCUT2D eigenvalue weighted by Gasteiger charge is -2.24. The normalized spacial score (nSPS) is 21.5. The summed E-state index contributed by atoms with van der Waals surface area (Å²) in [7, 11) is 0. The first-order valence-corrected chi connectivity index (χ1v) is 7.92. The fourth-order valence-corrected chi connectivity index (χ4v) is 3.31. The summed E-state index contributed by atoms with van der Waals surface area (Å²) in [5.74, 6) is 0. The van der Waals surface area contributed by atoms with Crippen LogP contribution in [-0.2, 0) is 0 Å². The largest absolute Gasteiger partial charge is 0.314 e. The Bertz CT molecular complexity index is 171. The lowest BCUT2D eigenvalue weighted by atomic mass is 9.95. The first-order valence-electron chi connectivity index (χ1n) is 7.92. The number of hydrogen-bond acceptors (Lipinski definition) is 2. The molecule has 2 N–H and O–H groups in total. The Morgan fingerprint density at radius 2 is 0.947 bits per heavy atom. The second-order valence-electron chi connectivity index (χ2n) is 5.93. The molecule has 0 aromatic rings. The lowest BCUT2D eigenvalue weighted by molar-refractivity contribution is 0.354. The predicted molar refractivity (Wildman–Crippen MR) is 88.9 cm³/mol. The molecule has 19 heavy (non-hydrogen) atoms. The molecule has 2 nitrogen and oxygen atoms in total. The van der Waals surface area contributed by atoms with E-state index in [1.165, 1.54) is 83.7 Å². The zero-order valence-corrected chi connectivity index (χ0v) is 13.8. The van der Waals surface area contributed by atoms with Gasteiger partial charge in [-0.15, -0.1) is 24.8 Å². The number of hydrogen-bond donors (Lipinski definition) is 2. The Kier molecular flexibility index (Phi) is 12.6. The highest BCUT2D eigenvalue weighted by molar-refractivity contribution is 5.85. The Morgan fingerprint density at radius 3 is 1.32 bits per heavy atom. The first kappa shape index (κ1) is 19.5. The third-order valence-electron chi connectivity index (χ3n) is 4.43. The van der Waals surface area contributed by atoms with Crippen LogP contribution in [0.2, 0.25) is 0 Å². The van der Waals surface area contributed by atoms with Gasteiger partial charge in [0.25, 0.3) is 0 Å². The van der Waals surface area contributed by atoms with Crippen molar-refractivity contribution in [1.82, 2.24) is 10.6 Å². The number of rotatable bonds is 6. The average molecular weight is 311 g/mol. The zero-order chi connectivity index (χ0) is 11.8. The van der Waals surface area contributed by atoms with E-state index in [1.54, 1.807) is 0 Å². The molecule has 4 heteroatoms. The van der Waals surface area contributed by atoms with Gasteiger partial charge in [-0.25, -0.2) is 0 Å². The van der Waals surface area contributed by atoms with E-state index in [4.69, 9.17) is 0 Å². The number of halogens is 2. The zero-order valence-electron chi connectivity index (χ0n) is 12.2. The third-order valence-corrected chi connectivity index (χ3v) is 4.43. The average Bonchev–Trinajstić information content (AvgIpc) is 2.41. The van der Waals surface area contributed by atoms with Crippen LogP contribution >= 0.6 is 24.8 Å². The molecular weight excluding hydrogens is 279 g/mol. The van der Waals surface area contributed by atoms with Crippen LogP contribution in [0.1, 0.15) is 70.6 Å². The van der Waals surface area contributed by atoms with Crippen LogP contribution in [0.4, 0.5) is 0 Å². The monoisotopic (exact) mass is 310 g/mol. The summed E-state index contributed by atoms with van der Waals surface area (Å²) in [5, 5.41) is 7.44. The predicted octanol–water partition coefficient (Wildman–Crippen LogP) is 4.06. The molecule has 0 aromatic heterocycles. The highest BCUT2D eigenvalue weighted by Gasteiger charge is 2.13. The van der Waals surface area contributed by atoms with Gasteiger partial charge in [0, 0.05) is 12.1 Å². The van der Waals surface area contributed by atoms with Crippen molar-refractivity contribution in [1.29, 1.82) is 0 Å². The van der Waals surface area contributed by atoms with Gasteiger partial charge in [0.1, 0.15) is 0 Å². The topological polar surface area (TPSA) is 24.1 Å². The fourth-order valence-electron chi connectivity index (χ4n) is 3.31. The summed E-state index contributed by atoms with van der Waals surface area (Å²) in [6.45, 7) is 2.43. The minimum Gasteiger partial charge on any atom is -0.314 e. The van der Waals surface area contributed by atoms with Crippen molar-refractivity contribution >= 4 is 24.8 Å². The van der Waals surface area contributed by atoms with Crippen molar-refractivity contribution in [2.24, 2.45) is 0 Å². The maximum Gasteiger partial charge on any atom is 0.00670 e. The lowest BCUT2D eigenvalue weighted by Crippen LogP contribution is -2.35. The fraction of sp³-hybridized carbons (Fsp3) is 1.00. The van der Waals surface area contributed by atoms with E-state index in [-0.39, 0.29) is 24.8 Å². The van der Waals surface area contributed by atoms with E-state index < -0.39 is 0 Å². The van der Waals surface area contributed by atoms with Gasteiger partial charge < -0.3 is 10.6 Å². The molecule has 2 aliphatic carbocycles. The highest BCUT2D eigenvalue weighted by Crippen LogP contribution is 2.18. The molecule has 2 saturated carbocycles. The molecule has 0 bridgehead atoms. The van der Waals surface area contributed by atoms with E-state index in [0.717, 1.165) is 12.1 Å². The van der Waals surface area contributed by atoms with Gasteiger partial charge in [0.05, 0.1) is 0 Å². The van der Waals surface area contributed by atoms with Gasteiger partial charge in [0.2, 0.25) is 0 Å². The quantitative estimate of drug-likeness (QED) is 0.723. The minimum absolute atomic E-state index is 0. The summed E-state index contributed by atoms with van der Waals surface area (Å²) in [4.78, 5) is 0. The van der Waals surface area contributed by atoms with E-state index in [0.29, 0.717) is 0 Å². The van der Waals surface area contributed by atoms with Crippen LogP contribution in [0.15, 0.2) is 0 Å². The molecule has 0 heterocycles. The number of nitrogens with one attached hydrogen (secondary N) is 2. The van der Waals surface area contributed by atoms with Gasteiger partial charge in [-0.2, -0.15) is 0 Å². The van der Waals surface area contributed by atoms with Crippen molar-refractivity contribution in [2.45, 2.75) is 82.7 Å². The van der Waals surface area contributed by atoms with E-state index in [1.807, 2.05) is 0 Å². The van der Waals surface area contributed by atoms with Crippen LogP contribution < -0.4 is 10.6 Å². The molecule has 0 atom stereocenters. The molecule has 0 radical (unpaired) electrons. The summed E-state index contributed by atoms with van der Waals surface area (Å²) in [6, 6.07) is 1.66. The summed E-state index contributed by atoms with van der Waals surface area (Å²) >= 11 is 0. The van der Waals surface area contributed by atoms with Crippen molar-refractivity contribution in [3.8, 4) is 0 Å². The van der Waals surface area contributed by atoms with Crippen molar-refractivity contribution in [3.05, 3.63) is 0 Å². The second-order valence-corrected chi connectivity index (χ2v) is 5.93. The molecule has 0 spiro atoms. The van der Waals surface area contributed by atoms with Gasteiger partial charge in [-0.1, -0.05) is 38.5 Å². The first-order chi connectivity index (χ1) is 8.45. The minimum atomic E-state index is 0. The van der Waals surface area contributed by atoms with Crippen molar-refractivity contribution in [3.63, 3.8) is 0 Å². The van der Waals surface area contributed by atoms with Gasteiger partial charge in [0.15, 0.2) is 0 Å². The van der Waals surface area contributed by atoms with Crippen LogP contribution in [0.3, 0.4) is 0 Å². The highest BCUT2D eigenvalue weighted by atomic mass is 35.5. The molecule has 2 aliphatic rings. The summed E-state index contributed by atoms with van der Waals surface area (Å²) in [5.41, 5.74) is 0. The van der Waals surface area contributed by atoms with Crippen LogP contribution in [0, 0.1) is 0 Å². The van der Waals surface area contributed by atoms with E-state index in [9.17, 15) is 0 Å². The molecular formula is C15H32Cl2N2. The molecule has 2 rings (SSSR count). The smallest absolute Gasteiger partial charge is 0.00670 e. The van der Waals surface area contributed by atoms with Crippen LogP contribution in [-0.4, -0.2) is 25.2 Å². The Labute approximate surface area is 131 Å². The SMILES string of the molecule is C1CCC(NCCCNC2CCCCC2)CC1.Cl.Cl. The van der Waals surface area contributed by atoms with Crippen LogP contribution in [0.5, 0.6) is 0 Å². The molecule has 0 saturated heterocycles.